The van der Waals surface area contributed by atoms with Gasteiger partial charge in [0.2, 0.25) is 0 Å². The molecule has 2 heteroatoms. The minimum absolute atomic E-state index is 0.615. The van der Waals surface area contributed by atoms with E-state index in [1.54, 1.807) is 0 Å². The number of halogens is 1. The van der Waals surface area contributed by atoms with Crippen molar-refractivity contribution in [2.24, 2.45) is 0 Å². The van der Waals surface area contributed by atoms with Crippen molar-refractivity contribution in [2.45, 2.75) is 39.8 Å². The van der Waals surface area contributed by atoms with Gasteiger partial charge in [-0.05, 0) is 44.5 Å². The van der Waals surface area contributed by atoms with Crippen LogP contribution in [-0.2, 0) is 6.54 Å². The highest BCUT2D eigenvalue weighted by molar-refractivity contribution is 9.10. The summed E-state index contributed by atoms with van der Waals surface area (Å²) in [5.41, 5.74) is 1.38. The van der Waals surface area contributed by atoms with Crippen LogP contribution in [0.4, 0.5) is 0 Å². The van der Waals surface area contributed by atoms with E-state index in [1.807, 2.05) is 0 Å². The van der Waals surface area contributed by atoms with E-state index < -0.39 is 0 Å². The Balaban J connectivity index is 2.65. The molecule has 0 fully saturated rings. The van der Waals surface area contributed by atoms with E-state index in [0.29, 0.717) is 6.04 Å². The Bertz CT molecular complexity index is 296. The first-order valence-electron chi connectivity index (χ1n) is 5.62. The molecule has 0 atom stereocenters. The van der Waals surface area contributed by atoms with Gasteiger partial charge in [0.05, 0.1) is 0 Å². The Morgan fingerprint density at radius 2 is 2.07 bits per heavy atom. The van der Waals surface area contributed by atoms with Gasteiger partial charge in [0, 0.05) is 17.1 Å². The van der Waals surface area contributed by atoms with Crippen LogP contribution in [0.3, 0.4) is 0 Å². The first kappa shape index (κ1) is 12.7. The number of rotatable bonds is 5. The van der Waals surface area contributed by atoms with Crippen LogP contribution < -0.4 is 0 Å². The maximum Gasteiger partial charge on any atom is 0.0236 e. The topological polar surface area (TPSA) is 3.24 Å². The molecule has 0 aliphatic rings. The standard InChI is InChI=1S/C13H20BrN/c1-4-8-15(11(2)3)10-12-6-5-7-13(14)9-12/h5-7,9,11H,4,8,10H2,1-3H3. The molecule has 0 unspecified atom stereocenters. The van der Waals surface area contributed by atoms with Gasteiger partial charge in [-0.1, -0.05) is 35.0 Å². The molecule has 0 heterocycles. The average molecular weight is 270 g/mol. The molecule has 84 valence electrons. The van der Waals surface area contributed by atoms with E-state index in [-0.39, 0.29) is 0 Å². The highest BCUT2D eigenvalue weighted by atomic mass is 79.9. The van der Waals surface area contributed by atoms with Crippen molar-refractivity contribution in [1.82, 2.24) is 4.90 Å². The minimum Gasteiger partial charge on any atom is -0.297 e. The number of nitrogens with zero attached hydrogens (tertiary/aromatic N) is 1. The van der Waals surface area contributed by atoms with Gasteiger partial charge in [-0.15, -0.1) is 0 Å². The van der Waals surface area contributed by atoms with Gasteiger partial charge in [-0.2, -0.15) is 0 Å². The third-order valence-electron chi connectivity index (χ3n) is 2.52. The van der Waals surface area contributed by atoms with Gasteiger partial charge in [-0.25, -0.2) is 0 Å². The summed E-state index contributed by atoms with van der Waals surface area (Å²) >= 11 is 3.51. The lowest BCUT2D eigenvalue weighted by Gasteiger charge is -2.26. The number of benzene rings is 1. The normalized spacial score (nSPS) is 11.3. The first-order valence-corrected chi connectivity index (χ1v) is 6.41. The quantitative estimate of drug-likeness (QED) is 0.779. The van der Waals surface area contributed by atoms with Crippen molar-refractivity contribution in [3.8, 4) is 0 Å². The maximum atomic E-state index is 3.51. The van der Waals surface area contributed by atoms with Gasteiger partial charge in [-0.3, -0.25) is 4.90 Å². The van der Waals surface area contributed by atoms with Crippen LogP contribution in [0, 0.1) is 0 Å². The molecule has 1 rings (SSSR count). The van der Waals surface area contributed by atoms with Crippen LogP contribution in [0.25, 0.3) is 0 Å². The lowest BCUT2D eigenvalue weighted by Crippen LogP contribution is -2.30. The van der Waals surface area contributed by atoms with E-state index in [4.69, 9.17) is 0 Å². The van der Waals surface area contributed by atoms with Crippen molar-refractivity contribution in [3.05, 3.63) is 34.3 Å². The Morgan fingerprint density at radius 3 is 2.60 bits per heavy atom. The average Bonchev–Trinajstić information content (AvgIpc) is 2.17. The molecule has 0 saturated carbocycles. The van der Waals surface area contributed by atoms with E-state index in [0.717, 1.165) is 6.54 Å². The summed E-state index contributed by atoms with van der Waals surface area (Å²) in [7, 11) is 0. The summed E-state index contributed by atoms with van der Waals surface area (Å²) in [6.07, 6.45) is 1.21. The number of hydrogen-bond donors (Lipinski definition) is 0. The lowest BCUT2D eigenvalue weighted by molar-refractivity contribution is 0.213. The molecule has 1 aromatic rings. The third-order valence-corrected chi connectivity index (χ3v) is 3.01. The molecule has 0 aliphatic heterocycles. The van der Waals surface area contributed by atoms with Gasteiger partial charge < -0.3 is 0 Å². The molecule has 0 amide bonds. The predicted octanol–water partition coefficient (Wildman–Crippen LogP) is 4.07. The van der Waals surface area contributed by atoms with Crippen molar-refractivity contribution < 1.29 is 0 Å². The second-order valence-electron chi connectivity index (χ2n) is 4.19. The molecule has 0 spiro atoms. The maximum absolute atomic E-state index is 3.51. The fraction of sp³-hybridized carbons (Fsp3) is 0.538. The van der Waals surface area contributed by atoms with Crippen LogP contribution in [-0.4, -0.2) is 17.5 Å². The molecule has 0 N–H and O–H groups in total. The van der Waals surface area contributed by atoms with Crippen LogP contribution in [0.5, 0.6) is 0 Å². The SMILES string of the molecule is CCCN(Cc1cccc(Br)c1)C(C)C. The van der Waals surface area contributed by atoms with Crippen molar-refractivity contribution in [3.63, 3.8) is 0 Å². The summed E-state index contributed by atoms with van der Waals surface area (Å²) in [6.45, 7) is 8.96. The molecule has 1 nitrogen and oxygen atoms in total. The molecule has 0 aromatic heterocycles. The zero-order valence-electron chi connectivity index (χ0n) is 9.83. The molecule has 0 radical (unpaired) electrons. The zero-order valence-corrected chi connectivity index (χ0v) is 11.4. The van der Waals surface area contributed by atoms with E-state index in [2.05, 4.69) is 65.9 Å². The Labute approximate surface area is 102 Å². The fourth-order valence-electron chi connectivity index (χ4n) is 1.68. The molecule has 0 saturated heterocycles. The number of hydrogen-bond acceptors (Lipinski definition) is 1. The molecular weight excluding hydrogens is 250 g/mol. The summed E-state index contributed by atoms with van der Waals surface area (Å²) in [6, 6.07) is 9.18. The predicted molar refractivity (Wildman–Crippen MR) is 70.0 cm³/mol. The summed E-state index contributed by atoms with van der Waals surface area (Å²) < 4.78 is 1.17. The van der Waals surface area contributed by atoms with E-state index >= 15 is 0 Å². The third kappa shape index (κ3) is 4.35. The van der Waals surface area contributed by atoms with Crippen molar-refractivity contribution in [1.29, 1.82) is 0 Å². The Morgan fingerprint density at radius 1 is 1.33 bits per heavy atom. The first-order chi connectivity index (χ1) is 7.13. The van der Waals surface area contributed by atoms with Gasteiger partial charge in [0.1, 0.15) is 0 Å². The largest absolute Gasteiger partial charge is 0.297 e. The zero-order chi connectivity index (χ0) is 11.3. The van der Waals surface area contributed by atoms with Crippen LogP contribution in [0.2, 0.25) is 0 Å². The van der Waals surface area contributed by atoms with Gasteiger partial charge >= 0.3 is 0 Å². The summed E-state index contributed by atoms with van der Waals surface area (Å²) in [4.78, 5) is 2.50. The van der Waals surface area contributed by atoms with Gasteiger partial charge in [0.25, 0.3) is 0 Å². The summed E-state index contributed by atoms with van der Waals surface area (Å²) in [5, 5.41) is 0. The highest BCUT2D eigenvalue weighted by Gasteiger charge is 2.08. The lowest BCUT2D eigenvalue weighted by atomic mass is 10.2. The molecule has 1 aromatic carbocycles. The monoisotopic (exact) mass is 269 g/mol. The molecule has 0 aliphatic carbocycles. The highest BCUT2D eigenvalue weighted by Crippen LogP contribution is 2.14. The second-order valence-corrected chi connectivity index (χ2v) is 5.11. The van der Waals surface area contributed by atoms with Gasteiger partial charge in [0.15, 0.2) is 0 Å². The smallest absolute Gasteiger partial charge is 0.0236 e. The van der Waals surface area contributed by atoms with Crippen molar-refractivity contribution >= 4 is 15.9 Å². The van der Waals surface area contributed by atoms with E-state index in [9.17, 15) is 0 Å². The Kier molecular flexibility index (Phi) is 5.34. The molecule has 0 bridgehead atoms. The second kappa shape index (κ2) is 6.29. The molecule has 15 heavy (non-hydrogen) atoms. The van der Waals surface area contributed by atoms with Crippen LogP contribution >= 0.6 is 15.9 Å². The molecular formula is C13H20BrN. The fourth-order valence-corrected chi connectivity index (χ4v) is 2.12. The summed E-state index contributed by atoms with van der Waals surface area (Å²) in [5.74, 6) is 0. The van der Waals surface area contributed by atoms with Crippen molar-refractivity contribution in [2.75, 3.05) is 6.54 Å². The minimum atomic E-state index is 0.615. The van der Waals surface area contributed by atoms with Crippen LogP contribution in [0.1, 0.15) is 32.8 Å². The van der Waals surface area contributed by atoms with Crippen LogP contribution in [0.15, 0.2) is 28.7 Å². The Hall–Kier alpha value is -0.340. The van der Waals surface area contributed by atoms with E-state index in [1.165, 1.54) is 23.0 Å².